The second-order valence-electron chi connectivity index (χ2n) is 9.45. The average Bonchev–Trinajstić information content (AvgIpc) is 3.49. The van der Waals surface area contributed by atoms with Gasteiger partial charge in [0, 0.05) is 52.9 Å². The molecule has 4 aromatic carbocycles. The molecule has 0 atom stereocenters. The number of nitrogens with zero attached hydrogens (tertiary/aromatic N) is 2. The van der Waals surface area contributed by atoms with E-state index >= 15 is 0 Å². The molecule has 1 amide bonds. The van der Waals surface area contributed by atoms with Crippen LogP contribution in [0.15, 0.2) is 122 Å². The number of rotatable bonds is 7. The molecule has 192 valence electrons. The summed E-state index contributed by atoms with van der Waals surface area (Å²) in [7, 11) is 0. The van der Waals surface area contributed by atoms with Crippen LogP contribution < -0.4 is 10.6 Å². The van der Waals surface area contributed by atoms with E-state index in [0.29, 0.717) is 23.4 Å². The van der Waals surface area contributed by atoms with Gasteiger partial charge in [0.1, 0.15) is 6.07 Å². The smallest absolute Gasteiger partial charge is 0.251 e. The number of carbonyl (C=O) groups excluding carboxylic acids is 1. The molecular formula is C34H25N5O. The number of hydrogen-bond acceptors (Lipinski definition) is 4. The number of nitriles is 1. The maximum absolute atomic E-state index is 12.7. The molecule has 6 heteroatoms. The Morgan fingerprint density at radius 2 is 1.65 bits per heavy atom. The summed E-state index contributed by atoms with van der Waals surface area (Å²) in [6.45, 7) is 0.481. The zero-order valence-corrected chi connectivity index (χ0v) is 21.6. The van der Waals surface area contributed by atoms with E-state index in [2.05, 4.69) is 32.7 Å². The van der Waals surface area contributed by atoms with Crippen LogP contribution in [0.4, 0.5) is 11.4 Å². The third-order valence-electron chi connectivity index (χ3n) is 6.84. The Morgan fingerprint density at radius 3 is 2.48 bits per heavy atom. The van der Waals surface area contributed by atoms with E-state index in [4.69, 9.17) is 0 Å². The number of anilines is 2. The zero-order chi connectivity index (χ0) is 27.3. The van der Waals surface area contributed by atoms with E-state index in [1.807, 2.05) is 103 Å². The number of carbonyl (C=O) groups is 1. The number of amides is 1. The maximum Gasteiger partial charge on any atom is 0.251 e. The standard InChI is InChI=1S/C34H25N5O/c35-19-29-21-36-22-31(33(29)39-30-13-14-32-28(18-30)15-16-37-32)27-8-4-7-26(17-27)24-9-11-25(12-10-24)34(40)38-20-23-5-2-1-3-6-23/h1-18,21-22,37H,20H2,(H,36,39)(H,38,40). The third-order valence-corrected chi connectivity index (χ3v) is 6.84. The van der Waals surface area contributed by atoms with Crippen LogP contribution in [0.1, 0.15) is 21.5 Å². The Balaban J connectivity index is 1.26. The van der Waals surface area contributed by atoms with Crippen molar-refractivity contribution < 1.29 is 4.79 Å². The molecule has 6 nitrogen and oxygen atoms in total. The highest BCUT2D eigenvalue weighted by atomic mass is 16.1. The SMILES string of the molecule is N#Cc1cncc(-c2cccc(-c3ccc(C(=O)NCc4ccccc4)cc3)c2)c1Nc1ccc2[nH]ccc2c1. The molecule has 0 spiro atoms. The van der Waals surface area contributed by atoms with E-state index in [0.717, 1.165) is 44.4 Å². The summed E-state index contributed by atoms with van der Waals surface area (Å²) < 4.78 is 0. The number of hydrogen-bond donors (Lipinski definition) is 3. The molecule has 0 fully saturated rings. The van der Waals surface area contributed by atoms with Crippen molar-refractivity contribution in [3.63, 3.8) is 0 Å². The Bertz CT molecular complexity index is 1850. The van der Waals surface area contributed by atoms with E-state index in [-0.39, 0.29) is 5.91 Å². The third kappa shape index (κ3) is 5.17. The number of aromatic amines is 1. The highest BCUT2D eigenvalue weighted by molar-refractivity contribution is 5.95. The Labute approximate surface area is 232 Å². The molecule has 0 bridgehead atoms. The van der Waals surface area contributed by atoms with E-state index in [1.54, 1.807) is 12.4 Å². The van der Waals surface area contributed by atoms with Crippen molar-refractivity contribution in [3.05, 3.63) is 138 Å². The van der Waals surface area contributed by atoms with Gasteiger partial charge in [-0.15, -0.1) is 0 Å². The van der Waals surface area contributed by atoms with Crippen LogP contribution in [0.5, 0.6) is 0 Å². The van der Waals surface area contributed by atoms with Gasteiger partial charge in [-0.25, -0.2) is 0 Å². The molecule has 40 heavy (non-hydrogen) atoms. The summed E-state index contributed by atoms with van der Waals surface area (Å²) in [5.41, 5.74) is 8.49. The molecule has 6 rings (SSSR count). The second-order valence-corrected chi connectivity index (χ2v) is 9.45. The molecular weight excluding hydrogens is 494 g/mol. The summed E-state index contributed by atoms with van der Waals surface area (Å²) in [5, 5.41) is 17.4. The monoisotopic (exact) mass is 519 g/mol. The van der Waals surface area contributed by atoms with Gasteiger partial charge in [0.05, 0.1) is 11.3 Å². The number of nitrogens with one attached hydrogen (secondary N) is 3. The lowest BCUT2D eigenvalue weighted by Gasteiger charge is -2.15. The van der Waals surface area contributed by atoms with Crippen LogP contribution >= 0.6 is 0 Å². The summed E-state index contributed by atoms with van der Waals surface area (Å²) in [4.78, 5) is 20.2. The molecule has 0 unspecified atom stereocenters. The first-order chi connectivity index (χ1) is 19.7. The second kappa shape index (κ2) is 11.0. The average molecular weight is 520 g/mol. The molecule has 6 aromatic rings. The molecule has 0 radical (unpaired) electrons. The molecule has 3 N–H and O–H groups in total. The minimum atomic E-state index is -0.114. The van der Waals surface area contributed by atoms with E-state index < -0.39 is 0 Å². The predicted molar refractivity (Wildman–Crippen MR) is 159 cm³/mol. The summed E-state index contributed by atoms with van der Waals surface area (Å²) in [5.74, 6) is -0.114. The minimum absolute atomic E-state index is 0.114. The van der Waals surface area contributed by atoms with Crippen molar-refractivity contribution >= 4 is 28.2 Å². The Hall–Kier alpha value is -5.67. The van der Waals surface area contributed by atoms with Crippen LogP contribution in [0.3, 0.4) is 0 Å². The number of pyridine rings is 1. The quantitative estimate of drug-likeness (QED) is 0.204. The van der Waals surface area contributed by atoms with E-state index in [9.17, 15) is 10.1 Å². The molecule has 0 aliphatic carbocycles. The molecule has 0 aliphatic heterocycles. The first-order valence-corrected chi connectivity index (χ1v) is 12.9. The van der Waals surface area contributed by atoms with Crippen LogP contribution in [0.2, 0.25) is 0 Å². The van der Waals surface area contributed by atoms with Crippen LogP contribution in [0.25, 0.3) is 33.2 Å². The van der Waals surface area contributed by atoms with Gasteiger partial charge in [-0.05, 0) is 64.7 Å². The first kappa shape index (κ1) is 24.7. The van der Waals surface area contributed by atoms with Crippen LogP contribution in [0, 0.1) is 11.3 Å². The van der Waals surface area contributed by atoms with Crippen molar-refractivity contribution in [2.24, 2.45) is 0 Å². The Kier molecular flexibility index (Phi) is 6.77. The van der Waals surface area contributed by atoms with Gasteiger partial charge in [0.2, 0.25) is 0 Å². The fourth-order valence-electron chi connectivity index (χ4n) is 4.73. The number of fused-ring (bicyclic) bond motifs is 1. The maximum atomic E-state index is 12.7. The normalized spacial score (nSPS) is 10.7. The van der Waals surface area contributed by atoms with Crippen molar-refractivity contribution in [1.29, 1.82) is 5.26 Å². The highest BCUT2D eigenvalue weighted by Gasteiger charge is 2.13. The highest BCUT2D eigenvalue weighted by Crippen LogP contribution is 2.35. The fourth-order valence-corrected chi connectivity index (χ4v) is 4.73. The summed E-state index contributed by atoms with van der Waals surface area (Å²) in [6, 6.07) is 35.8. The molecule has 0 aliphatic rings. The van der Waals surface area contributed by atoms with Gasteiger partial charge < -0.3 is 15.6 Å². The van der Waals surface area contributed by atoms with Gasteiger partial charge in [-0.3, -0.25) is 9.78 Å². The van der Waals surface area contributed by atoms with Crippen LogP contribution in [-0.2, 0) is 6.54 Å². The molecule has 0 saturated heterocycles. The fraction of sp³-hybridized carbons (Fsp3) is 0.0294. The Morgan fingerprint density at radius 1 is 0.825 bits per heavy atom. The van der Waals surface area contributed by atoms with Crippen molar-refractivity contribution in [1.82, 2.24) is 15.3 Å². The lowest BCUT2D eigenvalue weighted by Crippen LogP contribution is -2.22. The molecule has 0 saturated carbocycles. The molecule has 2 heterocycles. The van der Waals surface area contributed by atoms with Gasteiger partial charge in [-0.1, -0.05) is 60.7 Å². The van der Waals surface area contributed by atoms with Crippen molar-refractivity contribution in [3.8, 4) is 28.3 Å². The van der Waals surface area contributed by atoms with E-state index in [1.165, 1.54) is 0 Å². The van der Waals surface area contributed by atoms with Crippen LogP contribution in [-0.4, -0.2) is 15.9 Å². The number of benzene rings is 4. The van der Waals surface area contributed by atoms with Gasteiger partial charge in [0.25, 0.3) is 5.91 Å². The van der Waals surface area contributed by atoms with Gasteiger partial charge >= 0.3 is 0 Å². The predicted octanol–water partition coefficient (Wildman–Crippen LogP) is 7.44. The lowest BCUT2D eigenvalue weighted by molar-refractivity contribution is 0.0951. The first-order valence-electron chi connectivity index (χ1n) is 12.9. The minimum Gasteiger partial charge on any atom is -0.361 e. The zero-order valence-electron chi connectivity index (χ0n) is 21.6. The largest absolute Gasteiger partial charge is 0.361 e. The van der Waals surface area contributed by atoms with Gasteiger partial charge in [0.15, 0.2) is 0 Å². The number of aromatic nitrogens is 2. The summed E-state index contributed by atoms with van der Waals surface area (Å²) >= 11 is 0. The summed E-state index contributed by atoms with van der Waals surface area (Å²) in [6.07, 6.45) is 5.26. The molecule has 2 aromatic heterocycles. The number of H-pyrrole nitrogens is 1. The van der Waals surface area contributed by atoms with Crippen molar-refractivity contribution in [2.75, 3.05) is 5.32 Å². The topological polar surface area (TPSA) is 93.6 Å². The lowest BCUT2D eigenvalue weighted by atomic mass is 9.97. The van der Waals surface area contributed by atoms with Gasteiger partial charge in [-0.2, -0.15) is 5.26 Å². The van der Waals surface area contributed by atoms with Crippen molar-refractivity contribution in [2.45, 2.75) is 6.54 Å².